The zero-order chi connectivity index (χ0) is 9.26. The Bertz CT molecular complexity index is 410. The summed E-state index contributed by atoms with van der Waals surface area (Å²) >= 11 is 5.79. The summed E-state index contributed by atoms with van der Waals surface area (Å²) in [6, 6.07) is 1.72. The first-order chi connectivity index (χ1) is 6.27. The van der Waals surface area contributed by atoms with E-state index in [4.69, 9.17) is 11.6 Å². The highest BCUT2D eigenvalue weighted by atomic mass is 35.5. The van der Waals surface area contributed by atoms with Gasteiger partial charge in [-0.1, -0.05) is 0 Å². The molecule has 2 aromatic heterocycles. The van der Waals surface area contributed by atoms with E-state index in [0.717, 1.165) is 0 Å². The molecule has 0 saturated heterocycles. The van der Waals surface area contributed by atoms with Gasteiger partial charge < -0.3 is 0 Å². The quantitative estimate of drug-likeness (QED) is 0.682. The lowest BCUT2D eigenvalue weighted by Crippen LogP contribution is -2.01. The van der Waals surface area contributed by atoms with Crippen molar-refractivity contribution in [3.8, 4) is 5.95 Å². The van der Waals surface area contributed by atoms with Crippen LogP contribution in [0.5, 0.6) is 0 Å². The van der Waals surface area contributed by atoms with Gasteiger partial charge >= 0.3 is 0 Å². The number of hydrogen-bond donors (Lipinski definition) is 0. The molecule has 2 aromatic rings. The highest BCUT2D eigenvalue weighted by Crippen LogP contribution is 2.08. The molecule has 0 aliphatic rings. The number of rotatable bonds is 1. The molecule has 0 fully saturated rings. The Morgan fingerprint density at radius 3 is 2.54 bits per heavy atom. The van der Waals surface area contributed by atoms with Crippen molar-refractivity contribution in [2.24, 2.45) is 0 Å². The molecule has 2 heterocycles. The molecule has 13 heavy (non-hydrogen) atoms. The minimum atomic E-state index is 0.267. The van der Waals surface area contributed by atoms with E-state index in [9.17, 15) is 0 Å². The average molecular weight is 196 g/mol. The van der Waals surface area contributed by atoms with Gasteiger partial charge in [0.05, 0.1) is 0 Å². The van der Waals surface area contributed by atoms with Crippen LogP contribution in [0.4, 0.5) is 0 Å². The largest absolute Gasteiger partial charge is 0.253 e. The maximum Gasteiger partial charge on any atom is 0.253 e. The van der Waals surface area contributed by atoms with Gasteiger partial charge in [0.25, 0.3) is 5.95 Å². The van der Waals surface area contributed by atoms with Crippen molar-refractivity contribution < 1.29 is 0 Å². The van der Waals surface area contributed by atoms with Gasteiger partial charge in [0.2, 0.25) is 5.28 Å². The summed E-state index contributed by atoms with van der Waals surface area (Å²) < 4.78 is 1.39. The molecule has 2 rings (SSSR count). The fourth-order valence-corrected chi connectivity index (χ4v) is 1.15. The van der Waals surface area contributed by atoms with Crippen molar-refractivity contribution >= 4 is 11.6 Å². The van der Waals surface area contributed by atoms with E-state index in [1.54, 1.807) is 25.4 Å². The van der Waals surface area contributed by atoms with E-state index in [0.29, 0.717) is 11.8 Å². The highest BCUT2D eigenvalue weighted by Gasteiger charge is 2.07. The van der Waals surface area contributed by atoms with Crippen LogP contribution in [0.2, 0.25) is 5.28 Å². The predicted octanol–water partition coefficient (Wildman–Crippen LogP) is 1.02. The third-order valence-corrected chi connectivity index (χ3v) is 1.66. The molecule has 0 aliphatic carbocycles. The van der Waals surface area contributed by atoms with Crippen LogP contribution in [0.1, 0.15) is 5.82 Å². The molecule has 0 saturated carbocycles. The first-order valence-electron chi connectivity index (χ1n) is 3.64. The van der Waals surface area contributed by atoms with Crippen LogP contribution in [0.25, 0.3) is 5.95 Å². The van der Waals surface area contributed by atoms with Gasteiger partial charge in [-0.25, -0.2) is 15.0 Å². The smallest absolute Gasteiger partial charge is 0.220 e. The van der Waals surface area contributed by atoms with Gasteiger partial charge in [0.1, 0.15) is 5.82 Å². The van der Waals surface area contributed by atoms with Crippen LogP contribution in [0.3, 0.4) is 0 Å². The Morgan fingerprint density at radius 1 is 1.31 bits per heavy atom. The second kappa shape index (κ2) is 3.10. The lowest BCUT2D eigenvalue weighted by atomic mass is 10.7. The zero-order valence-corrected chi connectivity index (χ0v) is 7.60. The molecular weight excluding hydrogens is 190 g/mol. The van der Waals surface area contributed by atoms with E-state index in [1.807, 2.05) is 0 Å². The van der Waals surface area contributed by atoms with Crippen LogP contribution in [-0.2, 0) is 0 Å². The maximum absolute atomic E-state index is 5.79. The molecule has 0 N–H and O–H groups in total. The van der Waals surface area contributed by atoms with Crippen molar-refractivity contribution in [3.05, 3.63) is 29.6 Å². The van der Waals surface area contributed by atoms with Gasteiger partial charge in [0.15, 0.2) is 0 Å². The van der Waals surface area contributed by atoms with Crippen molar-refractivity contribution in [1.82, 2.24) is 24.7 Å². The molecule has 66 valence electrons. The van der Waals surface area contributed by atoms with Gasteiger partial charge in [-0.15, -0.1) is 5.10 Å². The summed E-state index contributed by atoms with van der Waals surface area (Å²) in [4.78, 5) is 11.9. The maximum atomic E-state index is 5.79. The second-order valence-corrected chi connectivity index (χ2v) is 2.73. The summed E-state index contributed by atoms with van der Waals surface area (Å²) in [6.45, 7) is 1.76. The standard InChI is InChI=1S/C7H6ClN5/c1-5-11-6(8)13(12-5)7-9-3-2-4-10-7/h2-4H,1H3. The van der Waals surface area contributed by atoms with E-state index in [2.05, 4.69) is 20.1 Å². The second-order valence-electron chi connectivity index (χ2n) is 2.39. The Hall–Kier alpha value is -1.49. The number of halogens is 1. The van der Waals surface area contributed by atoms with Crippen molar-refractivity contribution in [2.75, 3.05) is 0 Å². The van der Waals surface area contributed by atoms with E-state index < -0.39 is 0 Å². The molecule has 0 unspecified atom stereocenters. The number of nitrogens with zero attached hydrogens (tertiary/aromatic N) is 5. The Kier molecular flexibility index (Phi) is 1.94. The molecule has 0 amide bonds. The first-order valence-corrected chi connectivity index (χ1v) is 4.02. The SMILES string of the molecule is Cc1nc(Cl)n(-c2ncccn2)n1. The van der Waals surface area contributed by atoms with E-state index in [-0.39, 0.29) is 5.28 Å². The topological polar surface area (TPSA) is 56.5 Å². The van der Waals surface area contributed by atoms with Crippen molar-refractivity contribution in [2.45, 2.75) is 6.92 Å². The van der Waals surface area contributed by atoms with Crippen molar-refractivity contribution in [3.63, 3.8) is 0 Å². The fourth-order valence-electron chi connectivity index (χ4n) is 0.917. The lowest BCUT2D eigenvalue weighted by Gasteiger charge is -1.96. The Balaban J connectivity index is 2.53. The van der Waals surface area contributed by atoms with Gasteiger partial charge in [-0.3, -0.25) is 0 Å². The van der Waals surface area contributed by atoms with Gasteiger partial charge in [0, 0.05) is 12.4 Å². The minimum absolute atomic E-state index is 0.267. The molecular formula is C7H6ClN5. The zero-order valence-electron chi connectivity index (χ0n) is 6.85. The fraction of sp³-hybridized carbons (Fsp3) is 0.143. The molecule has 0 spiro atoms. The van der Waals surface area contributed by atoms with Crippen LogP contribution in [0, 0.1) is 6.92 Å². The van der Waals surface area contributed by atoms with Crippen molar-refractivity contribution in [1.29, 1.82) is 0 Å². The van der Waals surface area contributed by atoms with E-state index >= 15 is 0 Å². The Labute approximate surface area is 79.4 Å². The minimum Gasteiger partial charge on any atom is -0.220 e. The predicted molar refractivity (Wildman–Crippen MR) is 46.7 cm³/mol. The number of aromatic nitrogens is 5. The monoisotopic (exact) mass is 195 g/mol. The number of hydrogen-bond acceptors (Lipinski definition) is 4. The lowest BCUT2D eigenvalue weighted by molar-refractivity contribution is 0.797. The summed E-state index contributed by atoms with van der Waals surface area (Å²) in [5.41, 5.74) is 0. The molecule has 5 nitrogen and oxygen atoms in total. The molecule has 0 aromatic carbocycles. The molecule has 0 bridgehead atoms. The normalized spacial score (nSPS) is 10.3. The van der Waals surface area contributed by atoms with Gasteiger partial charge in [-0.2, -0.15) is 4.68 Å². The highest BCUT2D eigenvalue weighted by molar-refractivity contribution is 6.28. The molecule has 0 radical (unpaired) electrons. The van der Waals surface area contributed by atoms with Crippen LogP contribution in [0.15, 0.2) is 18.5 Å². The summed E-state index contributed by atoms with van der Waals surface area (Å²) in [5.74, 6) is 1.02. The van der Waals surface area contributed by atoms with Gasteiger partial charge in [-0.05, 0) is 24.6 Å². The molecule has 0 atom stereocenters. The summed E-state index contributed by atoms with van der Waals surface area (Å²) in [6.07, 6.45) is 3.24. The number of aryl methyl sites for hydroxylation is 1. The third-order valence-electron chi connectivity index (χ3n) is 1.42. The Morgan fingerprint density at radius 2 is 2.00 bits per heavy atom. The van der Waals surface area contributed by atoms with Crippen LogP contribution in [-0.4, -0.2) is 24.7 Å². The van der Waals surface area contributed by atoms with Crippen LogP contribution < -0.4 is 0 Å². The van der Waals surface area contributed by atoms with Crippen LogP contribution >= 0.6 is 11.6 Å². The molecule has 0 aliphatic heterocycles. The van der Waals surface area contributed by atoms with E-state index in [1.165, 1.54) is 4.68 Å². The first kappa shape index (κ1) is 8.12. The molecule has 6 heteroatoms. The summed E-state index contributed by atoms with van der Waals surface area (Å²) in [5, 5.41) is 4.30. The summed E-state index contributed by atoms with van der Waals surface area (Å²) in [7, 11) is 0. The third kappa shape index (κ3) is 1.50. The average Bonchev–Trinajstić information content (AvgIpc) is 2.47.